The summed E-state index contributed by atoms with van der Waals surface area (Å²) in [5.41, 5.74) is 2.72. The van der Waals surface area contributed by atoms with Crippen molar-refractivity contribution in [3.05, 3.63) is 42.2 Å². The molecule has 0 atom stereocenters. The Balaban J connectivity index is 1.67. The van der Waals surface area contributed by atoms with E-state index in [4.69, 9.17) is 4.74 Å². The molecule has 7 nitrogen and oxygen atoms in total. The summed E-state index contributed by atoms with van der Waals surface area (Å²) in [6.07, 6.45) is 2.53. The fourth-order valence-corrected chi connectivity index (χ4v) is 2.27. The van der Waals surface area contributed by atoms with Gasteiger partial charge in [0, 0.05) is 20.2 Å². The number of aromatic nitrogens is 4. The van der Waals surface area contributed by atoms with E-state index in [-0.39, 0.29) is 0 Å². The van der Waals surface area contributed by atoms with Gasteiger partial charge in [0.25, 0.3) is 0 Å². The highest BCUT2D eigenvalue weighted by Crippen LogP contribution is 2.18. The highest BCUT2D eigenvalue weighted by atomic mass is 16.5. The molecule has 0 saturated carbocycles. The molecule has 23 heavy (non-hydrogen) atoms. The zero-order valence-electron chi connectivity index (χ0n) is 13.0. The Kier molecular flexibility index (Phi) is 5.00. The zero-order valence-corrected chi connectivity index (χ0v) is 13.0. The van der Waals surface area contributed by atoms with Gasteiger partial charge < -0.3 is 20.4 Å². The number of benzene rings is 1. The van der Waals surface area contributed by atoms with Crippen LogP contribution in [-0.4, -0.2) is 46.7 Å². The summed E-state index contributed by atoms with van der Waals surface area (Å²) < 4.78 is 5.05. The van der Waals surface area contributed by atoms with E-state index in [0.29, 0.717) is 24.7 Å². The van der Waals surface area contributed by atoms with E-state index in [1.54, 1.807) is 13.4 Å². The third-order valence-corrected chi connectivity index (χ3v) is 3.42. The van der Waals surface area contributed by atoms with Crippen molar-refractivity contribution in [2.24, 2.45) is 0 Å². The summed E-state index contributed by atoms with van der Waals surface area (Å²) >= 11 is 0. The van der Waals surface area contributed by atoms with Gasteiger partial charge in [-0.1, -0.05) is 30.3 Å². The smallest absolute Gasteiger partial charge is 0.226 e. The molecule has 0 aliphatic heterocycles. The molecule has 3 rings (SSSR count). The van der Waals surface area contributed by atoms with Gasteiger partial charge in [-0.05, 0) is 12.0 Å². The maximum Gasteiger partial charge on any atom is 0.226 e. The van der Waals surface area contributed by atoms with E-state index >= 15 is 0 Å². The monoisotopic (exact) mass is 312 g/mol. The first-order valence-electron chi connectivity index (χ1n) is 7.58. The van der Waals surface area contributed by atoms with Crippen LogP contribution < -0.4 is 10.6 Å². The molecule has 3 aromatic rings. The van der Waals surface area contributed by atoms with E-state index < -0.39 is 0 Å². The maximum atomic E-state index is 5.05. The summed E-state index contributed by atoms with van der Waals surface area (Å²) in [6, 6.07) is 10.3. The number of hydrogen-bond acceptors (Lipinski definition) is 6. The molecule has 7 heteroatoms. The van der Waals surface area contributed by atoms with Crippen LogP contribution in [0.1, 0.15) is 5.56 Å². The second-order valence-corrected chi connectivity index (χ2v) is 5.08. The highest BCUT2D eigenvalue weighted by molar-refractivity contribution is 5.83. The Bertz CT molecular complexity index is 743. The van der Waals surface area contributed by atoms with Crippen LogP contribution >= 0.6 is 0 Å². The number of imidazole rings is 1. The summed E-state index contributed by atoms with van der Waals surface area (Å²) in [7, 11) is 1.67. The van der Waals surface area contributed by atoms with Crippen molar-refractivity contribution >= 4 is 22.9 Å². The summed E-state index contributed by atoms with van der Waals surface area (Å²) in [4.78, 5) is 16.2. The van der Waals surface area contributed by atoms with Gasteiger partial charge in [0.1, 0.15) is 5.52 Å². The van der Waals surface area contributed by atoms with Crippen molar-refractivity contribution in [1.82, 2.24) is 19.9 Å². The lowest BCUT2D eigenvalue weighted by Gasteiger charge is -2.09. The van der Waals surface area contributed by atoms with Gasteiger partial charge in [-0.3, -0.25) is 0 Å². The van der Waals surface area contributed by atoms with Crippen molar-refractivity contribution in [1.29, 1.82) is 0 Å². The van der Waals surface area contributed by atoms with Gasteiger partial charge in [-0.25, -0.2) is 4.98 Å². The molecule has 0 aliphatic carbocycles. The lowest BCUT2D eigenvalue weighted by Crippen LogP contribution is -2.12. The van der Waals surface area contributed by atoms with Crippen molar-refractivity contribution < 1.29 is 4.74 Å². The number of hydrogen-bond donors (Lipinski definition) is 3. The number of anilines is 2. The standard InChI is InChI=1S/C16H20N6O/c1-23-10-9-17-14-13-15(20-11-19-13)22-16(21-14)18-8-7-12-5-3-2-4-6-12/h2-6,11H,7-10H2,1H3,(H3,17,18,19,20,21,22). The number of methoxy groups -OCH3 is 1. The van der Waals surface area contributed by atoms with Crippen molar-refractivity contribution in [3.8, 4) is 0 Å². The molecule has 0 unspecified atom stereocenters. The van der Waals surface area contributed by atoms with Crippen LogP contribution in [0.5, 0.6) is 0 Å². The van der Waals surface area contributed by atoms with E-state index in [9.17, 15) is 0 Å². The Labute approximate surface area is 134 Å². The Hall–Kier alpha value is -2.67. The van der Waals surface area contributed by atoms with Gasteiger partial charge in [-0.2, -0.15) is 9.97 Å². The molecule has 0 bridgehead atoms. The van der Waals surface area contributed by atoms with Crippen LogP contribution in [0, 0.1) is 0 Å². The zero-order chi connectivity index (χ0) is 15.9. The van der Waals surface area contributed by atoms with E-state index in [2.05, 4.69) is 42.7 Å². The van der Waals surface area contributed by atoms with Crippen LogP contribution in [0.15, 0.2) is 36.7 Å². The average Bonchev–Trinajstić information content (AvgIpc) is 3.05. The summed E-state index contributed by atoms with van der Waals surface area (Å²) in [5.74, 6) is 1.30. The molecular formula is C16H20N6O. The number of nitrogens with zero attached hydrogens (tertiary/aromatic N) is 3. The maximum absolute atomic E-state index is 5.05. The molecule has 120 valence electrons. The number of aromatic amines is 1. The van der Waals surface area contributed by atoms with Gasteiger partial charge in [-0.15, -0.1) is 0 Å². The number of nitrogens with one attached hydrogen (secondary N) is 3. The summed E-state index contributed by atoms with van der Waals surface area (Å²) in [6.45, 7) is 2.04. The molecule has 0 saturated heterocycles. The Morgan fingerprint density at radius 3 is 2.78 bits per heavy atom. The molecule has 2 heterocycles. The Morgan fingerprint density at radius 2 is 1.96 bits per heavy atom. The molecule has 0 amide bonds. The molecule has 1 aromatic carbocycles. The molecular weight excluding hydrogens is 292 g/mol. The molecule has 0 radical (unpaired) electrons. The van der Waals surface area contributed by atoms with Crippen LogP contribution in [-0.2, 0) is 11.2 Å². The predicted octanol–water partition coefficient (Wildman–Crippen LogP) is 2.07. The lowest BCUT2D eigenvalue weighted by molar-refractivity contribution is 0.210. The minimum absolute atomic E-state index is 0.570. The first-order chi connectivity index (χ1) is 11.4. The topological polar surface area (TPSA) is 87.8 Å². The highest BCUT2D eigenvalue weighted by Gasteiger charge is 2.09. The van der Waals surface area contributed by atoms with Gasteiger partial charge in [0.15, 0.2) is 11.5 Å². The van der Waals surface area contributed by atoms with Gasteiger partial charge >= 0.3 is 0 Å². The lowest BCUT2D eigenvalue weighted by atomic mass is 10.1. The first kappa shape index (κ1) is 15.2. The fraction of sp³-hybridized carbons (Fsp3) is 0.312. The van der Waals surface area contributed by atoms with E-state index in [0.717, 1.165) is 24.3 Å². The quantitative estimate of drug-likeness (QED) is 0.552. The number of fused-ring (bicyclic) bond motifs is 1. The summed E-state index contributed by atoms with van der Waals surface area (Å²) in [5, 5.41) is 6.49. The van der Waals surface area contributed by atoms with Crippen LogP contribution in [0.2, 0.25) is 0 Å². The molecule has 0 fully saturated rings. The third-order valence-electron chi connectivity index (χ3n) is 3.42. The second-order valence-electron chi connectivity index (χ2n) is 5.08. The average molecular weight is 312 g/mol. The fourth-order valence-electron chi connectivity index (χ4n) is 2.27. The molecule has 3 N–H and O–H groups in total. The third kappa shape index (κ3) is 3.95. The molecule has 0 spiro atoms. The van der Waals surface area contributed by atoms with Gasteiger partial charge in [0.2, 0.25) is 5.95 Å². The van der Waals surface area contributed by atoms with Gasteiger partial charge in [0.05, 0.1) is 12.9 Å². The van der Waals surface area contributed by atoms with Crippen LogP contribution in [0.25, 0.3) is 11.2 Å². The SMILES string of the molecule is COCCNc1nc(NCCc2ccccc2)nc2nc[nH]c12. The minimum atomic E-state index is 0.570. The van der Waals surface area contributed by atoms with E-state index in [1.807, 2.05) is 18.2 Å². The number of rotatable bonds is 8. The minimum Gasteiger partial charge on any atom is -0.383 e. The van der Waals surface area contributed by atoms with Crippen molar-refractivity contribution in [2.75, 3.05) is 37.4 Å². The number of H-pyrrole nitrogens is 1. The normalized spacial score (nSPS) is 10.8. The Morgan fingerprint density at radius 1 is 1.09 bits per heavy atom. The van der Waals surface area contributed by atoms with E-state index in [1.165, 1.54) is 5.56 Å². The number of ether oxygens (including phenoxy) is 1. The predicted molar refractivity (Wildman–Crippen MR) is 90.7 cm³/mol. The molecule has 2 aromatic heterocycles. The van der Waals surface area contributed by atoms with Crippen LogP contribution in [0.4, 0.5) is 11.8 Å². The van der Waals surface area contributed by atoms with Crippen molar-refractivity contribution in [2.45, 2.75) is 6.42 Å². The van der Waals surface area contributed by atoms with Crippen LogP contribution in [0.3, 0.4) is 0 Å². The van der Waals surface area contributed by atoms with Crippen molar-refractivity contribution in [3.63, 3.8) is 0 Å². The second kappa shape index (κ2) is 7.55. The largest absolute Gasteiger partial charge is 0.383 e. The molecule has 0 aliphatic rings. The first-order valence-corrected chi connectivity index (χ1v) is 7.58.